The zero-order valence-electron chi connectivity index (χ0n) is 11.7. The fraction of sp³-hybridized carbons (Fsp3) is 0.500. The smallest absolute Gasteiger partial charge is 0.265 e. The molecule has 0 fully saturated rings. The van der Waals surface area contributed by atoms with Gasteiger partial charge in [0.1, 0.15) is 0 Å². The van der Waals surface area contributed by atoms with Crippen LogP contribution >= 0.6 is 0 Å². The van der Waals surface area contributed by atoms with Gasteiger partial charge in [0.2, 0.25) is 0 Å². The number of nitrogen functional groups attached to an aromatic ring is 1. The number of carbonyl (C=O) groups excluding carboxylic acids is 1. The molecule has 0 radical (unpaired) electrons. The first-order valence-corrected chi connectivity index (χ1v) is 6.22. The molecule has 0 aliphatic heterocycles. The van der Waals surface area contributed by atoms with E-state index in [0.717, 1.165) is 12.0 Å². The van der Waals surface area contributed by atoms with Gasteiger partial charge in [-0.2, -0.15) is 0 Å². The molecular formula is C14H22N2O3. The van der Waals surface area contributed by atoms with Crippen LogP contribution < -0.4 is 11.3 Å². The van der Waals surface area contributed by atoms with Crippen LogP contribution in [0.1, 0.15) is 36.2 Å². The number of nitrogens with two attached hydrogens (primary N) is 1. The lowest BCUT2D eigenvalue weighted by Crippen LogP contribution is -2.31. The monoisotopic (exact) mass is 266 g/mol. The van der Waals surface area contributed by atoms with Crippen molar-refractivity contribution in [2.45, 2.75) is 32.5 Å². The zero-order chi connectivity index (χ0) is 14.3. The number of ether oxygens (including phenoxy) is 2. The molecule has 0 aliphatic carbocycles. The summed E-state index contributed by atoms with van der Waals surface area (Å²) >= 11 is 0. The molecular weight excluding hydrogens is 244 g/mol. The number of amides is 1. The van der Waals surface area contributed by atoms with Crippen molar-refractivity contribution in [2.75, 3.05) is 13.7 Å². The third-order valence-electron chi connectivity index (χ3n) is 3.05. The molecule has 0 heterocycles. The average molecular weight is 266 g/mol. The molecule has 1 amide bonds. The molecule has 0 unspecified atom stereocenters. The Labute approximate surface area is 114 Å². The Kier molecular flexibility index (Phi) is 5.95. The minimum Gasteiger partial charge on any atom is -0.379 e. The fourth-order valence-corrected chi connectivity index (χ4v) is 1.55. The van der Waals surface area contributed by atoms with Crippen molar-refractivity contribution in [3.8, 4) is 0 Å². The highest BCUT2D eigenvalue weighted by Gasteiger charge is 2.16. The molecule has 5 nitrogen and oxygen atoms in total. The van der Waals surface area contributed by atoms with Crippen LogP contribution in [0.15, 0.2) is 24.3 Å². The van der Waals surface area contributed by atoms with E-state index in [4.69, 9.17) is 15.3 Å². The van der Waals surface area contributed by atoms with Crippen molar-refractivity contribution in [2.24, 2.45) is 5.84 Å². The number of hydrogen-bond acceptors (Lipinski definition) is 4. The summed E-state index contributed by atoms with van der Waals surface area (Å²) in [7, 11) is 1.68. The Balaban J connectivity index is 2.52. The first kappa shape index (κ1) is 15.6. The SMILES string of the molecule is COC(C)(C)CCOCc1ccccc1C(=O)NN. The lowest BCUT2D eigenvalue weighted by molar-refractivity contribution is -0.0125. The van der Waals surface area contributed by atoms with Gasteiger partial charge >= 0.3 is 0 Å². The number of methoxy groups -OCH3 is 1. The van der Waals surface area contributed by atoms with Crippen molar-refractivity contribution in [1.29, 1.82) is 0 Å². The first-order valence-electron chi connectivity index (χ1n) is 6.22. The van der Waals surface area contributed by atoms with E-state index in [1.807, 2.05) is 26.0 Å². The summed E-state index contributed by atoms with van der Waals surface area (Å²) in [6.45, 7) is 4.96. The fourth-order valence-electron chi connectivity index (χ4n) is 1.55. The number of hydrazine groups is 1. The number of benzene rings is 1. The molecule has 0 bridgehead atoms. The number of nitrogens with one attached hydrogen (secondary N) is 1. The predicted octanol–water partition coefficient (Wildman–Crippen LogP) is 1.62. The van der Waals surface area contributed by atoms with E-state index in [0.29, 0.717) is 18.8 Å². The topological polar surface area (TPSA) is 73.6 Å². The van der Waals surface area contributed by atoms with E-state index in [9.17, 15) is 4.79 Å². The highest BCUT2D eigenvalue weighted by atomic mass is 16.5. The number of hydrogen-bond donors (Lipinski definition) is 2. The van der Waals surface area contributed by atoms with Crippen LogP contribution in [0.4, 0.5) is 0 Å². The van der Waals surface area contributed by atoms with Gasteiger partial charge in [0.15, 0.2) is 0 Å². The first-order chi connectivity index (χ1) is 9.00. The van der Waals surface area contributed by atoms with E-state index in [1.54, 1.807) is 19.2 Å². The van der Waals surface area contributed by atoms with E-state index in [-0.39, 0.29) is 11.5 Å². The molecule has 0 spiro atoms. The molecule has 0 saturated heterocycles. The summed E-state index contributed by atoms with van der Waals surface area (Å²) in [4.78, 5) is 11.6. The van der Waals surface area contributed by atoms with E-state index < -0.39 is 0 Å². The summed E-state index contributed by atoms with van der Waals surface area (Å²) < 4.78 is 10.9. The maximum atomic E-state index is 11.6. The normalized spacial score (nSPS) is 11.4. The second-order valence-electron chi connectivity index (χ2n) is 4.90. The van der Waals surface area contributed by atoms with Crippen LogP contribution in [0.25, 0.3) is 0 Å². The van der Waals surface area contributed by atoms with Crippen LogP contribution in [0.2, 0.25) is 0 Å². The summed E-state index contributed by atoms with van der Waals surface area (Å²) in [5, 5.41) is 0. The van der Waals surface area contributed by atoms with Gasteiger partial charge in [-0.25, -0.2) is 5.84 Å². The highest BCUT2D eigenvalue weighted by Crippen LogP contribution is 2.14. The quantitative estimate of drug-likeness (QED) is 0.340. The summed E-state index contributed by atoms with van der Waals surface area (Å²) in [5.41, 5.74) is 3.29. The Morgan fingerprint density at radius 1 is 1.37 bits per heavy atom. The van der Waals surface area contributed by atoms with Crippen molar-refractivity contribution in [1.82, 2.24) is 5.43 Å². The molecule has 1 rings (SSSR count). The van der Waals surface area contributed by atoms with E-state index >= 15 is 0 Å². The molecule has 1 aromatic carbocycles. The van der Waals surface area contributed by atoms with E-state index in [1.165, 1.54) is 0 Å². The number of rotatable bonds is 7. The zero-order valence-corrected chi connectivity index (χ0v) is 11.7. The molecule has 3 N–H and O–H groups in total. The van der Waals surface area contributed by atoms with Crippen LogP contribution in [0, 0.1) is 0 Å². The Hall–Kier alpha value is -1.43. The van der Waals surface area contributed by atoms with Crippen molar-refractivity contribution < 1.29 is 14.3 Å². The third-order valence-corrected chi connectivity index (χ3v) is 3.05. The molecule has 0 aliphatic rings. The standard InChI is InChI=1S/C14H22N2O3/c1-14(2,18-3)8-9-19-10-11-6-4-5-7-12(11)13(17)16-15/h4-7H,8-10,15H2,1-3H3,(H,16,17). The second-order valence-corrected chi connectivity index (χ2v) is 4.90. The van der Waals surface area contributed by atoms with Gasteiger partial charge in [-0.05, 0) is 31.9 Å². The largest absolute Gasteiger partial charge is 0.379 e. The van der Waals surface area contributed by atoms with Gasteiger partial charge in [0.05, 0.1) is 12.2 Å². The summed E-state index contributed by atoms with van der Waals surface area (Å²) in [5.74, 6) is 4.84. The molecule has 5 heteroatoms. The van der Waals surface area contributed by atoms with Gasteiger partial charge in [-0.1, -0.05) is 18.2 Å². The van der Waals surface area contributed by atoms with E-state index in [2.05, 4.69) is 5.43 Å². The van der Waals surface area contributed by atoms with Gasteiger partial charge < -0.3 is 9.47 Å². The average Bonchev–Trinajstić information content (AvgIpc) is 2.43. The third kappa shape index (κ3) is 4.98. The lowest BCUT2D eigenvalue weighted by atomic mass is 10.1. The molecule has 19 heavy (non-hydrogen) atoms. The van der Waals surface area contributed by atoms with Crippen LogP contribution in [0.3, 0.4) is 0 Å². The summed E-state index contributed by atoms with van der Waals surface area (Å²) in [6, 6.07) is 7.24. The maximum Gasteiger partial charge on any atom is 0.265 e. The van der Waals surface area contributed by atoms with Gasteiger partial charge in [0.25, 0.3) is 5.91 Å². The lowest BCUT2D eigenvalue weighted by Gasteiger charge is -2.22. The molecule has 0 saturated carbocycles. The van der Waals surface area contributed by atoms with Gasteiger partial charge in [-0.3, -0.25) is 10.2 Å². The Morgan fingerprint density at radius 3 is 2.68 bits per heavy atom. The molecule has 0 aromatic heterocycles. The van der Waals surface area contributed by atoms with Crippen molar-refractivity contribution in [3.63, 3.8) is 0 Å². The van der Waals surface area contributed by atoms with Crippen molar-refractivity contribution >= 4 is 5.91 Å². The van der Waals surface area contributed by atoms with Crippen molar-refractivity contribution in [3.05, 3.63) is 35.4 Å². The van der Waals surface area contributed by atoms with Gasteiger partial charge in [-0.15, -0.1) is 0 Å². The summed E-state index contributed by atoms with van der Waals surface area (Å²) in [6.07, 6.45) is 0.786. The van der Waals surface area contributed by atoms with Crippen LogP contribution in [0.5, 0.6) is 0 Å². The molecule has 0 atom stereocenters. The minimum absolute atomic E-state index is 0.200. The Morgan fingerprint density at radius 2 is 2.05 bits per heavy atom. The number of carbonyl (C=O) groups is 1. The molecule has 1 aromatic rings. The minimum atomic E-state index is -0.309. The van der Waals surface area contributed by atoms with Crippen LogP contribution in [-0.4, -0.2) is 25.2 Å². The second kappa shape index (κ2) is 7.23. The molecule has 106 valence electrons. The predicted molar refractivity (Wildman–Crippen MR) is 73.5 cm³/mol. The van der Waals surface area contributed by atoms with Crippen LogP contribution in [-0.2, 0) is 16.1 Å². The Bertz CT molecular complexity index is 419. The maximum absolute atomic E-state index is 11.6. The highest BCUT2D eigenvalue weighted by molar-refractivity contribution is 5.95. The van der Waals surface area contributed by atoms with Gasteiger partial charge in [0, 0.05) is 19.3 Å².